The quantitative estimate of drug-likeness (QED) is 0.564. The molecule has 0 unspecified atom stereocenters. The first-order valence-corrected chi connectivity index (χ1v) is 5.13. The third-order valence-electron chi connectivity index (χ3n) is 2.21. The Hall–Kier alpha value is -1.77. The number of carbonyl (C=O) groups excluding carboxylic acids is 1. The monoisotopic (exact) mass is 220 g/mol. The van der Waals surface area contributed by atoms with Crippen LogP contribution in [0.5, 0.6) is 5.75 Å². The molecular formula is C13H16O3. The summed E-state index contributed by atoms with van der Waals surface area (Å²) in [6.45, 7) is 0. The van der Waals surface area contributed by atoms with E-state index in [0.717, 1.165) is 18.6 Å². The molecule has 1 aromatic carbocycles. The van der Waals surface area contributed by atoms with Gasteiger partial charge in [-0.05, 0) is 30.5 Å². The molecule has 0 aromatic heterocycles. The molecule has 86 valence electrons. The molecule has 1 aromatic rings. The second-order valence-electron chi connectivity index (χ2n) is 3.31. The summed E-state index contributed by atoms with van der Waals surface area (Å²) >= 11 is 0. The molecule has 0 heterocycles. The van der Waals surface area contributed by atoms with Gasteiger partial charge in [0.2, 0.25) is 0 Å². The standard InChI is InChI=1S/C13H16O3/c1-15-12-9-7-11(8-10-12)5-3-4-6-13(14)16-2/h4,6-10H,3,5H2,1-2H3. The smallest absolute Gasteiger partial charge is 0.330 e. The normalized spacial score (nSPS) is 10.4. The third-order valence-corrected chi connectivity index (χ3v) is 2.21. The molecule has 0 bridgehead atoms. The average molecular weight is 220 g/mol. The van der Waals surface area contributed by atoms with Gasteiger partial charge in [0.25, 0.3) is 0 Å². The maximum Gasteiger partial charge on any atom is 0.330 e. The average Bonchev–Trinajstić information content (AvgIpc) is 2.35. The highest BCUT2D eigenvalue weighted by molar-refractivity contribution is 5.81. The van der Waals surface area contributed by atoms with Gasteiger partial charge < -0.3 is 9.47 Å². The lowest BCUT2D eigenvalue weighted by molar-refractivity contribution is -0.134. The van der Waals surface area contributed by atoms with Crippen molar-refractivity contribution in [1.29, 1.82) is 0 Å². The molecule has 0 aliphatic rings. The number of esters is 1. The van der Waals surface area contributed by atoms with Crippen LogP contribution in [0.1, 0.15) is 12.0 Å². The van der Waals surface area contributed by atoms with Crippen LogP contribution in [0.3, 0.4) is 0 Å². The van der Waals surface area contributed by atoms with E-state index in [9.17, 15) is 4.79 Å². The number of allylic oxidation sites excluding steroid dienone is 1. The van der Waals surface area contributed by atoms with Crippen molar-refractivity contribution < 1.29 is 14.3 Å². The van der Waals surface area contributed by atoms with Gasteiger partial charge in [-0.2, -0.15) is 0 Å². The fourth-order valence-electron chi connectivity index (χ4n) is 1.29. The van der Waals surface area contributed by atoms with Crippen LogP contribution in [0.2, 0.25) is 0 Å². The number of hydrogen-bond acceptors (Lipinski definition) is 3. The third kappa shape index (κ3) is 4.17. The van der Waals surface area contributed by atoms with Gasteiger partial charge in [0, 0.05) is 6.08 Å². The van der Waals surface area contributed by atoms with E-state index in [0.29, 0.717) is 0 Å². The summed E-state index contributed by atoms with van der Waals surface area (Å²) in [6, 6.07) is 7.90. The maximum atomic E-state index is 10.8. The zero-order valence-electron chi connectivity index (χ0n) is 9.60. The van der Waals surface area contributed by atoms with E-state index in [1.54, 1.807) is 7.11 Å². The molecule has 0 N–H and O–H groups in total. The van der Waals surface area contributed by atoms with Crippen LogP contribution in [0.4, 0.5) is 0 Å². The molecule has 0 atom stereocenters. The minimum absolute atomic E-state index is 0.310. The molecule has 0 aliphatic carbocycles. The van der Waals surface area contributed by atoms with Crippen LogP contribution < -0.4 is 4.74 Å². The molecule has 0 fully saturated rings. The number of hydrogen-bond donors (Lipinski definition) is 0. The molecule has 0 saturated carbocycles. The number of carbonyl (C=O) groups is 1. The van der Waals surface area contributed by atoms with Gasteiger partial charge >= 0.3 is 5.97 Å². The van der Waals surface area contributed by atoms with Gasteiger partial charge in [-0.15, -0.1) is 0 Å². The van der Waals surface area contributed by atoms with Crippen molar-refractivity contribution in [2.45, 2.75) is 12.8 Å². The van der Waals surface area contributed by atoms with Gasteiger partial charge in [-0.25, -0.2) is 4.79 Å². The van der Waals surface area contributed by atoms with E-state index in [1.807, 2.05) is 30.3 Å². The minimum atomic E-state index is -0.310. The number of aryl methyl sites for hydroxylation is 1. The molecule has 3 nitrogen and oxygen atoms in total. The molecule has 0 spiro atoms. The highest BCUT2D eigenvalue weighted by Crippen LogP contribution is 2.12. The molecule has 0 saturated heterocycles. The highest BCUT2D eigenvalue weighted by Gasteiger charge is 1.94. The molecule has 3 heteroatoms. The van der Waals surface area contributed by atoms with Crippen molar-refractivity contribution in [3.63, 3.8) is 0 Å². The van der Waals surface area contributed by atoms with Crippen LogP contribution in [-0.4, -0.2) is 20.2 Å². The van der Waals surface area contributed by atoms with Crippen LogP contribution in [-0.2, 0) is 16.0 Å². The summed E-state index contributed by atoms with van der Waals surface area (Å²) < 4.78 is 9.56. The Morgan fingerprint density at radius 1 is 1.25 bits per heavy atom. The van der Waals surface area contributed by atoms with Gasteiger partial charge in [0.1, 0.15) is 5.75 Å². The second-order valence-corrected chi connectivity index (χ2v) is 3.31. The number of ether oxygens (including phenoxy) is 2. The molecule has 1 rings (SSSR count). The van der Waals surface area contributed by atoms with Gasteiger partial charge in [-0.1, -0.05) is 18.2 Å². The van der Waals surface area contributed by atoms with Crippen molar-refractivity contribution in [1.82, 2.24) is 0 Å². The molecular weight excluding hydrogens is 204 g/mol. The Morgan fingerprint density at radius 3 is 2.50 bits per heavy atom. The highest BCUT2D eigenvalue weighted by atomic mass is 16.5. The predicted octanol–water partition coefficient (Wildman–Crippen LogP) is 2.36. The minimum Gasteiger partial charge on any atom is -0.497 e. The molecule has 16 heavy (non-hydrogen) atoms. The summed E-state index contributed by atoms with van der Waals surface area (Å²) in [5, 5.41) is 0. The first kappa shape index (κ1) is 12.3. The van der Waals surface area contributed by atoms with Crippen molar-refractivity contribution in [2.24, 2.45) is 0 Å². The van der Waals surface area contributed by atoms with Gasteiger partial charge in [0.05, 0.1) is 14.2 Å². The van der Waals surface area contributed by atoms with E-state index < -0.39 is 0 Å². The second kappa shape index (κ2) is 6.67. The Labute approximate surface area is 95.7 Å². The van der Waals surface area contributed by atoms with E-state index in [1.165, 1.54) is 18.7 Å². The number of methoxy groups -OCH3 is 2. The van der Waals surface area contributed by atoms with Crippen LogP contribution >= 0.6 is 0 Å². The maximum absolute atomic E-state index is 10.8. The molecule has 0 aliphatic heterocycles. The van der Waals surface area contributed by atoms with Crippen molar-refractivity contribution in [3.8, 4) is 5.75 Å². The van der Waals surface area contributed by atoms with Crippen LogP contribution in [0.15, 0.2) is 36.4 Å². The van der Waals surface area contributed by atoms with E-state index >= 15 is 0 Å². The molecule has 0 radical (unpaired) electrons. The Balaban J connectivity index is 2.37. The lowest BCUT2D eigenvalue weighted by Crippen LogP contribution is -1.93. The fourth-order valence-corrected chi connectivity index (χ4v) is 1.29. The summed E-state index contributed by atoms with van der Waals surface area (Å²) in [7, 11) is 3.02. The van der Waals surface area contributed by atoms with Crippen LogP contribution in [0.25, 0.3) is 0 Å². The number of benzene rings is 1. The zero-order valence-corrected chi connectivity index (χ0v) is 9.60. The van der Waals surface area contributed by atoms with Gasteiger partial charge in [0.15, 0.2) is 0 Å². The summed E-state index contributed by atoms with van der Waals surface area (Å²) in [6.07, 6.45) is 4.98. The fraction of sp³-hybridized carbons (Fsp3) is 0.308. The van der Waals surface area contributed by atoms with E-state index in [-0.39, 0.29) is 5.97 Å². The SMILES string of the molecule is COC(=O)C=CCCc1ccc(OC)cc1. The number of rotatable bonds is 5. The van der Waals surface area contributed by atoms with Crippen LogP contribution in [0, 0.1) is 0 Å². The lowest BCUT2D eigenvalue weighted by Gasteiger charge is -2.01. The lowest BCUT2D eigenvalue weighted by atomic mass is 10.1. The summed E-state index contributed by atoms with van der Waals surface area (Å²) in [4.78, 5) is 10.8. The Bertz CT molecular complexity index is 352. The van der Waals surface area contributed by atoms with Crippen molar-refractivity contribution >= 4 is 5.97 Å². The Morgan fingerprint density at radius 2 is 1.94 bits per heavy atom. The summed E-state index contributed by atoms with van der Waals surface area (Å²) in [5.41, 5.74) is 1.22. The first-order chi connectivity index (χ1) is 7.76. The van der Waals surface area contributed by atoms with Gasteiger partial charge in [-0.3, -0.25) is 0 Å². The largest absolute Gasteiger partial charge is 0.497 e. The van der Waals surface area contributed by atoms with Crippen molar-refractivity contribution in [3.05, 3.63) is 42.0 Å². The first-order valence-electron chi connectivity index (χ1n) is 5.13. The summed E-state index contributed by atoms with van der Waals surface area (Å²) in [5.74, 6) is 0.545. The topological polar surface area (TPSA) is 35.5 Å². The predicted molar refractivity (Wildman–Crippen MR) is 62.5 cm³/mol. The van der Waals surface area contributed by atoms with Crippen molar-refractivity contribution in [2.75, 3.05) is 14.2 Å². The Kier molecular flexibility index (Phi) is 5.12. The zero-order chi connectivity index (χ0) is 11.8. The van der Waals surface area contributed by atoms with E-state index in [4.69, 9.17) is 4.74 Å². The molecule has 0 amide bonds. The van der Waals surface area contributed by atoms with E-state index in [2.05, 4.69) is 4.74 Å².